The number of ether oxygens (including phenoxy) is 1. The van der Waals surface area contributed by atoms with Gasteiger partial charge in [-0.2, -0.15) is 0 Å². The minimum atomic E-state index is 0. The van der Waals surface area contributed by atoms with E-state index in [0.717, 1.165) is 31.1 Å². The Morgan fingerprint density at radius 1 is 1.38 bits per heavy atom. The van der Waals surface area contributed by atoms with Gasteiger partial charge < -0.3 is 15.4 Å². The van der Waals surface area contributed by atoms with Gasteiger partial charge in [0.05, 0.1) is 6.04 Å². The van der Waals surface area contributed by atoms with Crippen molar-refractivity contribution < 1.29 is 4.74 Å². The first-order chi connectivity index (χ1) is 9.58. The van der Waals surface area contributed by atoms with Crippen LogP contribution in [0.4, 0.5) is 0 Å². The molecule has 0 saturated carbocycles. The van der Waals surface area contributed by atoms with E-state index < -0.39 is 0 Å². The number of rotatable bonds is 6. The third-order valence-corrected chi connectivity index (χ3v) is 3.39. The molecule has 0 bridgehead atoms. The van der Waals surface area contributed by atoms with Crippen LogP contribution >= 0.6 is 47.2 Å². The molecule has 1 aromatic rings. The van der Waals surface area contributed by atoms with Crippen molar-refractivity contribution in [2.24, 2.45) is 4.99 Å². The Morgan fingerprint density at radius 2 is 2.10 bits per heavy atom. The van der Waals surface area contributed by atoms with E-state index in [0.29, 0.717) is 10.0 Å². The van der Waals surface area contributed by atoms with Crippen molar-refractivity contribution in [3.05, 3.63) is 33.8 Å². The van der Waals surface area contributed by atoms with E-state index in [1.54, 1.807) is 20.2 Å². The average Bonchev–Trinajstić information content (AvgIpc) is 2.41. The van der Waals surface area contributed by atoms with Crippen molar-refractivity contribution >= 4 is 53.1 Å². The first kappa shape index (κ1) is 20.8. The molecule has 0 saturated heterocycles. The molecule has 0 amide bonds. The molecule has 1 atom stereocenters. The van der Waals surface area contributed by atoms with Crippen molar-refractivity contribution in [3.63, 3.8) is 0 Å². The predicted molar refractivity (Wildman–Crippen MR) is 101 cm³/mol. The molecule has 1 rings (SSSR count). The molecule has 0 radical (unpaired) electrons. The SMILES string of the molecule is CN=C(NCCCOC)NC(C)c1ccc(Cl)cc1Cl.I. The van der Waals surface area contributed by atoms with E-state index in [9.17, 15) is 0 Å². The van der Waals surface area contributed by atoms with Crippen LogP contribution in [0.15, 0.2) is 23.2 Å². The van der Waals surface area contributed by atoms with Gasteiger partial charge in [0.1, 0.15) is 0 Å². The Morgan fingerprint density at radius 3 is 2.67 bits per heavy atom. The average molecular weight is 446 g/mol. The largest absolute Gasteiger partial charge is 0.385 e. The van der Waals surface area contributed by atoms with Gasteiger partial charge in [-0.25, -0.2) is 0 Å². The molecule has 0 aromatic heterocycles. The molecular weight excluding hydrogens is 424 g/mol. The number of hydrogen-bond donors (Lipinski definition) is 2. The van der Waals surface area contributed by atoms with Crippen LogP contribution < -0.4 is 10.6 Å². The molecule has 4 nitrogen and oxygen atoms in total. The Balaban J connectivity index is 0.00000400. The van der Waals surface area contributed by atoms with Crippen LogP contribution in [0.25, 0.3) is 0 Å². The summed E-state index contributed by atoms with van der Waals surface area (Å²) in [5.74, 6) is 0.736. The summed E-state index contributed by atoms with van der Waals surface area (Å²) in [6, 6.07) is 5.52. The van der Waals surface area contributed by atoms with E-state index in [-0.39, 0.29) is 30.0 Å². The molecule has 0 aliphatic rings. The number of nitrogens with zero attached hydrogens (tertiary/aromatic N) is 1. The van der Waals surface area contributed by atoms with E-state index in [2.05, 4.69) is 15.6 Å². The van der Waals surface area contributed by atoms with Gasteiger partial charge in [-0.05, 0) is 31.0 Å². The minimum Gasteiger partial charge on any atom is -0.385 e. The minimum absolute atomic E-state index is 0. The van der Waals surface area contributed by atoms with Crippen LogP contribution in [-0.2, 0) is 4.74 Å². The van der Waals surface area contributed by atoms with Gasteiger partial charge in [-0.3, -0.25) is 4.99 Å². The lowest BCUT2D eigenvalue weighted by Gasteiger charge is -2.19. The van der Waals surface area contributed by atoms with Crippen LogP contribution in [0.2, 0.25) is 10.0 Å². The van der Waals surface area contributed by atoms with Gasteiger partial charge >= 0.3 is 0 Å². The zero-order valence-corrected chi connectivity index (χ0v) is 16.3. The second-order valence-electron chi connectivity index (χ2n) is 4.38. The number of halogens is 3. The molecule has 2 N–H and O–H groups in total. The Kier molecular flexibility index (Phi) is 11.2. The summed E-state index contributed by atoms with van der Waals surface area (Å²) in [5, 5.41) is 7.79. The van der Waals surface area contributed by atoms with Crippen LogP contribution in [0.1, 0.15) is 24.9 Å². The van der Waals surface area contributed by atoms with Crippen LogP contribution in [-0.4, -0.2) is 33.3 Å². The van der Waals surface area contributed by atoms with Gasteiger partial charge in [0.25, 0.3) is 0 Å². The lowest BCUT2D eigenvalue weighted by Crippen LogP contribution is -2.39. The van der Waals surface area contributed by atoms with Crippen molar-refractivity contribution in [1.29, 1.82) is 0 Å². The van der Waals surface area contributed by atoms with Gasteiger partial charge in [0, 0.05) is 37.4 Å². The Bertz CT molecular complexity index is 458. The summed E-state index contributed by atoms with van der Waals surface area (Å²) in [4.78, 5) is 4.18. The quantitative estimate of drug-likeness (QED) is 0.302. The standard InChI is InChI=1S/C14H21Cl2N3O.HI/c1-10(12-6-5-11(15)9-13(12)16)19-14(17-2)18-7-4-8-20-3;/h5-6,9-10H,4,7-8H2,1-3H3,(H2,17,18,19);1H. The molecule has 0 aliphatic carbocycles. The molecule has 0 aliphatic heterocycles. The second kappa shape index (κ2) is 11.3. The summed E-state index contributed by atoms with van der Waals surface area (Å²) < 4.78 is 5.00. The van der Waals surface area contributed by atoms with Crippen molar-refractivity contribution in [3.8, 4) is 0 Å². The number of guanidine groups is 1. The maximum Gasteiger partial charge on any atom is 0.191 e. The first-order valence-electron chi connectivity index (χ1n) is 6.49. The van der Waals surface area contributed by atoms with Crippen LogP contribution in [0.3, 0.4) is 0 Å². The van der Waals surface area contributed by atoms with Crippen molar-refractivity contribution in [1.82, 2.24) is 10.6 Å². The summed E-state index contributed by atoms with van der Waals surface area (Å²) >= 11 is 12.1. The van der Waals surface area contributed by atoms with E-state index >= 15 is 0 Å². The molecule has 7 heteroatoms. The van der Waals surface area contributed by atoms with E-state index in [1.807, 2.05) is 19.1 Å². The maximum atomic E-state index is 6.20. The second-order valence-corrected chi connectivity index (χ2v) is 5.22. The highest BCUT2D eigenvalue weighted by Crippen LogP contribution is 2.25. The highest BCUT2D eigenvalue weighted by molar-refractivity contribution is 14.0. The number of hydrogen-bond acceptors (Lipinski definition) is 2. The van der Waals surface area contributed by atoms with Crippen LogP contribution in [0.5, 0.6) is 0 Å². The van der Waals surface area contributed by atoms with Gasteiger partial charge in [0.15, 0.2) is 5.96 Å². The fourth-order valence-electron chi connectivity index (χ4n) is 1.75. The topological polar surface area (TPSA) is 45.7 Å². The molecule has 1 aromatic carbocycles. The highest BCUT2D eigenvalue weighted by Gasteiger charge is 2.11. The summed E-state index contributed by atoms with van der Waals surface area (Å²) in [7, 11) is 3.43. The smallest absolute Gasteiger partial charge is 0.191 e. The zero-order valence-electron chi connectivity index (χ0n) is 12.5. The van der Waals surface area contributed by atoms with E-state index in [1.165, 1.54) is 0 Å². The predicted octanol–water partition coefficient (Wildman–Crippen LogP) is 3.87. The number of nitrogens with one attached hydrogen (secondary N) is 2. The summed E-state index contributed by atoms with van der Waals surface area (Å²) in [5.41, 5.74) is 0.982. The molecule has 21 heavy (non-hydrogen) atoms. The molecule has 1 unspecified atom stereocenters. The monoisotopic (exact) mass is 445 g/mol. The molecule has 0 heterocycles. The van der Waals surface area contributed by atoms with Gasteiger partial charge in [-0.15, -0.1) is 24.0 Å². The summed E-state index contributed by atoms with van der Waals surface area (Å²) in [6.07, 6.45) is 0.924. The Hall–Kier alpha value is -0.240. The van der Waals surface area contributed by atoms with Crippen molar-refractivity contribution in [2.75, 3.05) is 27.3 Å². The Labute approximate surface area is 153 Å². The third kappa shape index (κ3) is 7.54. The maximum absolute atomic E-state index is 6.20. The lowest BCUT2D eigenvalue weighted by atomic mass is 10.1. The highest BCUT2D eigenvalue weighted by atomic mass is 127. The number of aliphatic imine (C=N–C) groups is 1. The molecule has 120 valence electrons. The molecule has 0 fully saturated rings. The normalized spacial score (nSPS) is 12.5. The fraction of sp³-hybridized carbons (Fsp3) is 0.500. The first-order valence-corrected chi connectivity index (χ1v) is 7.25. The molecular formula is C14H22Cl2IN3O. The van der Waals surface area contributed by atoms with Crippen molar-refractivity contribution in [2.45, 2.75) is 19.4 Å². The van der Waals surface area contributed by atoms with Gasteiger partial charge in [-0.1, -0.05) is 29.3 Å². The van der Waals surface area contributed by atoms with E-state index in [4.69, 9.17) is 27.9 Å². The summed E-state index contributed by atoms with van der Waals surface area (Å²) in [6.45, 7) is 3.55. The molecule has 0 spiro atoms. The number of methoxy groups -OCH3 is 1. The fourth-order valence-corrected chi connectivity index (χ4v) is 2.33. The zero-order chi connectivity index (χ0) is 15.0. The number of benzene rings is 1. The van der Waals surface area contributed by atoms with Gasteiger partial charge in [0.2, 0.25) is 0 Å². The van der Waals surface area contributed by atoms with Crippen LogP contribution in [0, 0.1) is 0 Å². The third-order valence-electron chi connectivity index (χ3n) is 2.82. The lowest BCUT2D eigenvalue weighted by molar-refractivity contribution is 0.195.